The topological polar surface area (TPSA) is 87.1 Å². The van der Waals surface area contributed by atoms with Crippen molar-refractivity contribution in [2.24, 2.45) is 5.11 Å². The van der Waals surface area contributed by atoms with Gasteiger partial charge in [0.1, 0.15) is 0 Å². The van der Waals surface area contributed by atoms with Crippen LogP contribution in [-0.4, -0.2) is 32.2 Å². The van der Waals surface area contributed by atoms with Gasteiger partial charge >= 0.3 is 0 Å². The summed E-state index contributed by atoms with van der Waals surface area (Å²) in [5.41, 5.74) is 7.96. The molecule has 1 amide bonds. The van der Waals surface area contributed by atoms with Crippen LogP contribution in [0.3, 0.4) is 0 Å². The van der Waals surface area contributed by atoms with Crippen LogP contribution in [0.5, 0.6) is 0 Å². The maximum atomic E-state index is 11.1. The molecule has 0 unspecified atom stereocenters. The quantitative estimate of drug-likeness (QED) is 0.276. The van der Waals surface area contributed by atoms with Crippen molar-refractivity contribution in [1.29, 1.82) is 0 Å². The van der Waals surface area contributed by atoms with Crippen molar-refractivity contribution in [1.82, 2.24) is 5.32 Å². The number of hydrogen-bond donors (Lipinski definition) is 1. The Hall–Kier alpha value is -1.26. The molecule has 1 N–H and O–H groups in total. The van der Waals surface area contributed by atoms with Crippen molar-refractivity contribution in [3.05, 3.63) is 10.4 Å². The summed E-state index contributed by atoms with van der Waals surface area (Å²) in [5.74, 6) is -0.0298. The molecule has 0 spiro atoms. The molecule has 14 heavy (non-hydrogen) atoms. The van der Waals surface area contributed by atoms with E-state index in [2.05, 4.69) is 15.3 Å². The molecule has 0 atom stereocenters. The van der Waals surface area contributed by atoms with Gasteiger partial charge in [-0.25, -0.2) is 0 Å². The van der Waals surface area contributed by atoms with Gasteiger partial charge < -0.3 is 10.1 Å². The average molecular weight is 200 g/mol. The molecule has 6 nitrogen and oxygen atoms in total. The summed E-state index contributed by atoms with van der Waals surface area (Å²) in [5, 5.41) is 5.93. The largest absolute Gasteiger partial charge is 0.382 e. The first kappa shape index (κ1) is 12.7. The highest BCUT2D eigenvalue weighted by atomic mass is 16.5. The maximum Gasteiger partial charge on any atom is 0.220 e. The average Bonchev–Trinajstić information content (AvgIpc) is 2.19. The molecule has 0 aromatic rings. The first-order valence-corrected chi connectivity index (χ1v) is 4.66. The van der Waals surface area contributed by atoms with Crippen LogP contribution in [0, 0.1) is 0 Å². The third-order valence-corrected chi connectivity index (χ3v) is 1.49. The zero-order valence-corrected chi connectivity index (χ0v) is 8.40. The van der Waals surface area contributed by atoms with Crippen LogP contribution >= 0.6 is 0 Å². The first-order valence-electron chi connectivity index (χ1n) is 4.66. The Balaban J connectivity index is 3.23. The zero-order chi connectivity index (χ0) is 10.6. The molecule has 0 fully saturated rings. The van der Waals surface area contributed by atoms with Gasteiger partial charge in [-0.15, -0.1) is 0 Å². The van der Waals surface area contributed by atoms with Gasteiger partial charge in [0.05, 0.1) is 0 Å². The molecule has 0 aliphatic carbocycles. The number of carbonyl (C=O) groups is 1. The lowest BCUT2D eigenvalue weighted by atomic mass is 10.3. The van der Waals surface area contributed by atoms with Crippen LogP contribution in [0.2, 0.25) is 0 Å². The molecule has 0 saturated carbocycles. The predicted octanol–water partition coefficient (Wildman–Crippen LogP) is 1.23. The fraction of sp³-hybridized carbons (Fsp3) is 0.875. The Morgan fingerprint density at radius 3 is 3.07 bits per heavy atom. The molecule has 0 saturated heterocycles. The molecule has 0 radical (unpaired) electrons. The molecule has 0 aromatic heterocycles. The van der Waals surface area contributed by atoms with E-state index < -0.39 is 0 Å². The Morgan fingerprint density at radius 1 is 1.64 bits per heavy atom. The number of carbonyl (C=O) groups excluding carboxylic acids is 1. The second-order valence-corrected chi connectivity index (χ2v) is 2.60. The first-order chi connectivity index (χ1) is 6.81. The van der Waals surface area contributed by atoms with E-state index in [1.807, 2.05) is 6.92 Å². The van der Waals surface area contributed by atoms with Crippen molar-refractivity contribution in [2.45, 2.75) is 19.8 Å². The molecule has 0 aliphatic rings. The van der Waals surface area contributed by atoms with Gasteiger partial charge in [0.25, 0.3) is 0 Å². The molecule has 0 rings (SSSR count). The minimum atomic E-state index is -0.0298. The molecule has 0 heterocycles. The second-order valence-electron chi connectivity index (χ2n) is 2.60. The van der Waals surface area contributed by atoms with E-state index in [1.54, 1.807) is 0 Å². The highest BCUT2D eigenvalue weighted by Gasteiger charge is 1.98. The lowest BCUT2D eigenvalue weighted by molar-refractivity contribution is -0.121. The van der Waals surface area contributed by atoms with Crippen molar-refractivity contribution in [2.75, 3.05) is 26.3 Å². The van der Waals surface area contributed by atoms with Gasteiger partial charge in [-0.2, -0.15) is 0 Å². The van der Waals surface area contributed by atoms with Gasteiger partial charge in [-0.05, 0) is 18.9 Å². The van der Waals surface area contributed by atoms with Gasteiger partial charge in [-0.1, -0.05) is 5.11 Å². The highest BCUT2D eigenvalue weighted by Crippen LogP contribution is 1.89. The number of ether oxygens (including phenoxy) is 1. The van der Waals surface area contributed by atoms with E-state index in [-0.39, 0.29) is 5.91 Å². The normalized spacial score (nSPS) is 9.21. The van der Waals surface area contributed by atoms with Crippen molar-refractivity contribution >= 4 is 5.91 Å². The van der Waals surface area contributed by atoms with E-state index in [0.717, 1.165) is 6.42 Å². The molecule has 0 aromatic carbocycles. The van der Waals surface area contributed by atoms with E-state index in [1.165, 1.54) is 0 Å². The van der Waals surface area contributed by atoms with Gasteiger partial charge in [0.2, 0.25) is 5.91 Å². The highest BCUT2D eigenvalue weighted by molar-refractivity contribution is 5.75. The summed E-state index contributed by atoms with van der Waals surface area (Å²) < 4.78 is 5.08. The number of azide groups is 1. The van der Waals surface area contributed by atoms with E-state index >= 15 is 0 Å². The van der Waals surface area contributed by atoms with E-state index in [9.17, 15) is 4.79 Å². The summed E-state index contributed by atoms with van der Waals surface area (Å²) in [6, 6.07) is 0. The molecular formula is C8H16N4O2. The Bertz CT molecular complexity index is 202. The molecule has 0 aliphatic heterocycles. The Morgan fingerprint density at radius 2 is 2.43 bits per heavy atom. The smallest absolute Gasteiger partial charge is 0.220 e. The maximum absolute atomic E-state index is 11.1. The molecule has 0 bridgehead atoms. The fourth-order valence-electron chi connectivity index (χ4n) is 0.858. The number of rotatable bonds is 8. The molecule has 80 valence electrons. The minimum absolute atomic E-state index is 0.0298. The summed E-state index contributed by atoms with van der Waals surface area (Å²) >= 11 is 0. The van der Waals surface area contributed by atoms with Crippen LogP contribution in [0.25, 0.3) is 10.4 Å². The molecule has 6 heteroatoms. The zero-order valence-electron chi connectivity index (χ0n) is 8.40. The van der Waals surface area contributed by atoms with Crippen molar-refractivity contribution in [3.63, 3.8) is 0 Å². The van der Waals surface area contributed by atoms with Crippen LogP contribution < -0.4 is 5.32 Å². The standard InChI is InChI=1S/C8H16N4O2/c1-2-14-7-3-4-8(13)10-5-6-11-12-9/h2-7H2,1H3,(H,10,13). The summed E-state index contributed by atoms with van der Waals surface area (Å²) in [4.78, 5) is 13.6. The van der Waals surface area contributed by atoms with Crippen LogP contribution in [-0.2, 0) is 9.53 Å². The van der Waals surface area contributed by atoms with Crippen LogP contribution in [0.4, 0.5) is 0 Å². The number of amides is 1. The lowest BCUT2D eigenvalue weighted by Gasteiger charge is -2.02. The van der Waals surface area contributed by atoms with Crippen LogP contribution in [0.1, 0.15) is 19.8 Å². The summed E-state index contributed by atoms with van der Waals surface area (Å²) in [6.07, 6.45) is 1.18. The van der Waals surface area contributed by atoms with E-state index in [4.69, 9.17) is 10.3 Å². The predicted molar refractivity (Wildman–Crippen MR) is 52.7 cm³/mol. The SMILES string of the molecule is CCOCCCC(=O)NCCN=[N+]=[N-]. The van der Waals surface area contributed by atoms with Crippen molar-refractivity contribution in [3.8, 4) is 0 Å². The fourth-order valence-corrected chi connectivity index (χ4v) is 0.858. The second kappa shape index (κ2) is 9.83. The summed E-state index contributed by atoms with van der Waals surface area (Å²) in [6.45, 7) is 3.91. The van der Waals surface area contributed by atoms with E-state index in [0.29, 0.717) is 32.7 Å². The Kier molecular flexibility index (Phi) is 8.94. The van der Waals surface area contributed by atoms with Crippen molar-refractivity contribution < 1.29 is 9.53 Å². The number of nitrogens with one attached hydrogen (secondary N) is 1. The minimum Gasteiger partial charge on any atom is -0.382 e. The van der Waals surface area contributed by atoms with Gasteiger partial charge in [0.15, 0.2) is 0 Å². The Labute approximate surface area is 83.3 Å². The van der Waals surface area contributed by atoms with Gasteiger partial charge in [0, 0.05) is 37.6 Å². The number of hydrogen-bond acceptors (Lipinski definition) is 3. The monoisotopic (exact) mass is 200 g/mol. The lowest BCUT2D eigenvalue weighted by Crippen LogP contribution is -2.25. The van der Waals surface area contributed by atoms with Gasteiger partial charge in [-0.3, -0.25) is 4.79 Å². The third kappa shape index (κ3) is 8.83. The number of nitrogens with zero attached hydrogens (tertiary/aromatic N) is 3. The summed E-state index contributed by atoms with van der Waals surface area (Å²) in [7, 11) is 0. The third-order valence-electron chi connectivity index (χ3n) is 1.49. The van der Waals surface area contributed by atoms with Crippen LogP contribution in [0.15, 0.2) is 5.11 Å². The molecular weight excluding hydrogens is 184 g/mol.